The number of nitrogens with zero attached hydrogens (tertiary/aromatic N) is 6. The lowest BCUT2D eigenvalue weighted by atomic mass is 10.0. The molecule has 87 heavy (non-hydrogen) atoms. The minimum absolute atomic E-state index is 0.00156. The summed E-state index contributed by atoms with van der Waals surface area (Å²) in [4.78, 5) is 93.9. The zero-order valence-electron chi connectivity index (χ0n) is 48.8. The van der Waals surface area contributed by atoms with E-state index in [1.807, 2.05) is 41.0 Å². The topological polar surface area (TPSA) is 279 Å². The smallest absolute Gasteiger partial charge is 0.261 e. The van der Waals surface area contributed by atoms with Crippen molar-refractivity contribution in [1.29, 1.82) is 0 Å². The number of halogens is 2. The summed E-state index contributed by atoms with van der Waals surface area (Å²) in [5, 5.41) is 28.2. The number of ether oxygens (including phenoxy) is 3. The summed E-state index contributed by atoms with van der Waals surface area (Å²) < 4.78 is 16.5. The number of anilines is 2. The molecular formula is C63H70Cl2N12O10. The predicted octanol–water partition coefficient (Wildman–Crippen LogP) is 7.61. The molecule has 4 aromatic heterocycles. The first kappa shape index (κ1) is 60.4. The lowest BCUT2D eigenvalue weighted by Gasteiger charge is -2.36. The minimum Gasteiger partial charge on any atom is -0.497 e. The first-order valence-corrected chi connectivity index (χ1v) is 29.9. The monoisotopic (exact) mass is 1220 g/mol. The molecule has 8 aromatic rings. The Morgan fingerprint density at radius 2 is 1.16 bits per heavy atom. The molecule has 2 fully saturated rings. The summed E-state index contributed by atoms with van der Waals surface area (Å²) >= 11 is 12.4. The number of methoxy groups -OCH3 is 1. The van der Waals surface area contributed by atoms with Crippen LogP contribution < -0.4 is 36.0 Å². The Bertz CT molecular complexity index is 3980. The number of likely N-dealkylation sites (tertiary alicyclic amines) is 2. The number of fused-ring (bicyclic) bond motifs is 4. The Kier molecular flexibility index (Phi) is 18.3. The van der Waals surface area contributed by atoms with Crippen LogP contribution in [-0.2, 0) is 17.9 Å². The highest BCUT2D eigenvalue weighted by atomic mass is 35.5. The zero-order chi connectivity index (χ0) is 61.0. The van der Waals surface area contributed by atoms with Gasteiger partial charge in [-0.15, -0.1) is 0 Å². The van der Waals surface area contributed by atoms with Gasteiger partial charge in [0, 0.05) is 93.9 Å². The summed E-state index contributed by atoms with van der Waals surface area (Å²) in [5.41, 5.74) is 7.80. The van der Waals surface area contributed by atoms with Crippen molar-refractivity contribution in [3.8, 4) is 40.0 Å². The summed E-state index contributed by atoms with van der Waals surface area (Å²) in [6.07, 6.45) is 5.55. The fourth-order valence-corrected chi connectivity index (χ4v) is 12.2. The van der Waals surface area contributed by atoms with Crippen molar-refractivity contribution in [1.82, 2.24) is 49.5 Å². The molecule has 2 atom stereocenters. The number of carbonyl (C=O) groups excluding carboxylic acids is 3. The maximum Gasteiger partial charge on any atom is 0.261 e. The van der Waals surface area contributed by atoms with Gasteiger partial charge in [0.2, 0.25) is 0 Å². The number of aromatic amines is 4. The van der Waals surface area contributed by atoms with Gasteiger partial charge >= 0.3 is 0 Å². The number of H-pyrrole nitrogens is 4. The normalized spacial score (nSPS) is 16.4. The lowest BCUT2D eigenvalue weighted by molar-refractivity contribution is -0.117. The molecule has 0 aliphatic carbocycles. The highest BCUT2D eigenvalue weighted by Crippen LogP contribution is 2.36. The molecule has 4 aromatic carbocycles. The number of hydrogen-bond acceptors (Lipinski definition) is 16. The van der Waals surface area contributed by atoms with Crippen LogP contribution in [0.1, 0.15) is 76.4 Å². The second kappa shape index (κ2) is 26.4. The number of aromatic nitrogens is 6. The lowest BCUT2D eigenvalue weighted by Crippen LogP contribution is -2.45. The van der Waals surface area contributed by atoms with Crippen molar-refractivity contribution < 1.29 is 38.8 Å². The van der Waals surface area contributed by atoms with Gasteiger partial charge in [-0.05, 0) is 137 Å². The highest BCUT2D eigenvalue weighted by Gasteiger charge is 2.37. The number of aliphatic hydroxyl groups excluding tert-OH is 2. The molecule has 0 spiro atoms. The fourth-order valence-electron chi connectivity index (χ4n) is 11.7. The fraction of sp³-hybridized carbons (Fsp3) is 0.381. The van der Waals surface area contributed by atoms with Crippen LogP contribution in [0.2, 0.25) is 10.0 Å². The number of amides is 2. The third-order valence-electron chi connectivity index (χ3n) is 16.5. The first-order valence-electron chi connectivity index (χ1n) is 29.2. The van der Waals surface area contributed by atoms with E-state index in [0.29, 0.717) is 103 Å². The van der Waals surface area contributed by atoms with E-state index >= 15 is 0 Å². The maximum atomic E-state index is 13.5. The van der Waals surface area contributed by atoms with E-state index in [-0.39, 0.29) is 67.1 Å². The average Bonchev–Trinajstić information content (AvgIpc) is 1.79. The van der Waals surface area contributed by atoms with Crippen molar-refractivity contribution in [2.24, 2.45) is 0 Å². The second-order valence-electron chi connectivity index (χ2n) is 22.8. The van der Waals surface area contributed by atoms with Crippen LogP contribution in [0.3, 0.4) is 0 Å². The van der Waals surface area contributed by atoms with Gasteiger partial charge in [-0.3, -0.25) is 24.0 Å². The molecule has 22 nitrogen and oxygen atoms in total. The van der Waals surface area contributed by atoms with Crippen molar-refractivity contribution >= 4 is 74.2 Å². The largest absolute Gasteiger partial charge is 0.497 e. The number of benzene rings is 4. The number of imidazole rings is 2. The molecule has 4 aliphatic rings. The van der Waals surface area contributed by atoms with Crippen LogP contribution in [0.4, 0.5) is 11.4 Å². The van der Waals surface area contributed by atoms with E-state index in [2.05, 4.69) is 52.4 Å². The molecule has 0 unspecified atom stereocenters. The van der Waals surface area contributed by atoms with Crippen LogP contribution in [0.25, 0.3) is 44.8 Å². The van der Waals surface area contributed by atoms with Crippen molar-refractivity contribution in [2.45, 2.75) is 83.3 Å². The highest BCUT2D eigenvalue weighted by molar-refractivity contribution is 6.32. The van der Waals surface area contributed by atoms with Gasteiger partial charge in [0.1, 0.15) is 71.2 Å². The van der Waals surface area contributed by atoms with Crippen LogP contribution in [0, 0.1) is 6.92 Å². The number of ketones is 1. The van der Waals surface area contributed by atoms with E-state index in [1.165, 1.54) is 12.4 Å². The molecule has 12 rings (SSSR count). The molecule has 0 saturated carbocycles. The Balaban J connectivity index is 0.000000181. The Morgan fingerprint density at radius 1 is 0.678 bits per heavy atom. The number of Topliss-reactive ketones (excluding diaryl/α,β-unsaturated/α-hetero) is 1. The molecule has 2 amide bonds. The molecule has 8 N–H and O–H groups in total. The van der Waals surface area contributed by atoms with Crippen LogP contribution >= 0.6 is 23.2 Å². The minimum atomic E-state index is -0.896. The third-order valence-corrected chi connectivity index (χ3v) is 17.1. The average molecular weight is 1230 g/mol. The molecule has 8 heterocycles. The number of nitrogens with one attached hydrogen (secondary N) is 6. The van der Waals surface area contributed by atoms with E-state index < -0.39 is 12.2 Å². The van der Waals surface area contributed by atoms with Crippen molar-refractivity contribution in [3.63, 3.8) is 0 Å². The van der Waals surface area contributed by atoms with Crippen LogP contribution in [-0.4, -0.2) is 175 Å². The van der Waals surface area contributed by atoms with E-state index in [0.717, 1.165) is 86.1 Å². The number of hydrogen-bond donors (Lipinski definition) is 8. The second-order valence-corrected chi connectivity index (χ2v) is 23.6. The maximum absolute atomic E-state index is 13.5. The standard InChI is InChI=1S/C33H37ClN6O5.C30H33ClN6O5/c1-19-3-4-29(25(34)13-19)45-18-23(42)16-36-26-5-9-35-32(43)30(26)31-37-27-14-21-17-40(33(44)24(21)15-28(27)38-31)22-7-11-39(12-8-22)10-6-20(2)41;1-36-9-6-18(7-10-36)37-15-17-11-24-25(13-21(17)30(37)40)35-28(34-24)27-23(5-8-32-29(27)39)33-14-19(38)16-42-26-4-3-20(41-2)12-22(26)31/h3-5,9,13-15,22-23,42H,6-8,10-12,16-18H2,1-2H3,(H,37,38)(H2,35,36,43);3-5,8,11-13,18-19,38H,6-7,9-10,14-16H2,1-2H3,(H,34,35)(H2,32,33,39)/t23-;19-/m11/s1. The predicted molar refractivity (Wildman–Crippen MR) is 334 cm³/mol. The van der Waals surface area contributed by atoms with Crippen LogP contribution in [0.5, 0.6) is 17.2 Å². The Labute approximate surface area is 511 Å². The first-order chi connectivity index (χ1) is 42.0. The van der Waals surface area contributed by atoms with Gasteiger partial charge in [0.05, 0.1) is 50.6 Å². The molecule has 0 radical (unpaired) electrons. The number of carbonyl (C=O) groups is 3. The summed E-state index contributed by atoms with van der Waals surface area (Å²) in [7, 11) is 3.66. The summed E-state index contributed by atoms with van der Waals surface area (Å²) in [5.74, 6) is 2.48. The number of rotatable bonds is 20. The Hall–Kier alpha value is -8.25. The summed E-state index contributed by atoms with van der Waals surface area (Å²) in [6.45, 7) is 9.37. The molecular weight excluding hydrogens is 1160 g/mol. The van der Waals surface area contributed by atoms with Crippen molar-refractivity contribution in [3.05, 3.63) is 144 Å². The SMILES string of the molecule is CC(=O)CCN1CCC(N2Cc3cc4[nH]c(-c5c(NC[C@@H](O)COc6ccc(C)cc6Cl)cc[nH]c5=O)nc4cc3C2=O)CC1.COc1ccc(OC[C@H](O)CNc2cc[nH]c(=O)c2-c2nc3cc4c(cc3[nH]2)CN(C2CCN(C)CC2)C4=O)c(Cl)c1. The molecule has 0 bridgehead atoms. The van der Waals surface area contributed by atoms with Gasteiger partial charge in [-0.2, -0.15) is 0 Å². The van der Waals surface area contributed by atoms with Gasteiger partial charge < -0.3 is 74.6 Å². The molecule has 456 valence electrons. The van der Waals surface area contributed by atoms with Gasteiger partial charge in [0.15, 0.2) is 0 Å². The van der Waals surface area contributed by atoms with E-state index in [1.54, 1.807) is 62.6 Å². The van der Waals surface area contributed by atoms with E-state index in [4.69, 9.17) is 42.4 Å². The number of piperidine rings is 2. The quantitative estimate of drug-likeness (QED) is 0.0364. The molecule has 2 saturated heterocycles. The summed E-state index contributed by atoms with van der Waals surface area (Å²) in [6, 6.07) is 21.8. The third kappa shape index (κ3) is 13.7. The van der Waals surface area contributed by atoms with Gasteiger partial charge in [0.25, 0.3) is 22.9 Å². The van der Waals surface area contributed by atoms with E-state index in [9.17, 15) is 34.2 Å². The number of aryl methyl sites for hydroxylation is 1. The number of pyridine rings is 2. The van der Waals surface area contributed by atoms with Gasteiger partial charge in [-0.25, -0.2) is 9.97 Å². The van der Waals surface area contributed by atoms with Crippen molar-refractivity contribution in [2.75, 3.05) is 83.8 Å². The zero-order valence-corrected chi connectivity index (χ0v) is 50.3. The van der Waals surface area contributed by atoms with Crippen LogP contribution in [0.15, 0.2) is 94.8 Å². The molecule has 4 aliphatic heterocycles. The Morgan fingerprint density at radius 3 is 1.63 bits per heavy atom. The van der Waals surface area contributed by atoms with Gasteiger partial charge in [-0.1, -0.05) is 29.3 Å². The molecule has 24 heteroatoms. The number of aliphatic hydroxyl groups is 2.